The highest BCUT2D eigenvalue weighted by molar-refractivity contribution is 5.93. The minimum absolute atomic E-state index is 0.0963. The average Bonchev–Trinajstić information content (AvgIpc) is 1.55. The fourth-order valence-corrected chi connectivity index (χ4v) is 16.5. The lowest BCUT2D eigenvalue weighted by molar-refractivity contribution is -0.147. The molecule has 0 bridgehead atoms. The van der Waals surface area contributed by atoms with Gasteiger partial charge in [0, 0.05) is 37.3 Å². The normalized spacial score (nSPS) is 17.5. The minimum atomic E-state index is -1.41. The molecule has 0 radical (unpaired) electrons. The molecule has 0 saturated carbocycles. The first-order valence-electron chi connectivity index (χ1n) is 41.6. The molecule has 8 aromatic carbocycles. The minimum Gasteiger partial charge on any atom is -0.479 e. The molecule has 4 aliphatic rings. The molecular formula is C95H104N14O13. The molecule has 8 atom stereocenters. The number of aliphatic carboxylic acids is 1. The fraction of sp³-hybridized carbons (Fsp3) is 0.337. The molecule has 4 aromatic heterocycles. The van der Waals surface area contributed by atoms with Gasteiger partial charge in [0.1, 0.15) is 41.0 Å². The van der Waals surface area contributed by atoms with Crippen LogP contribution in [0.5, 0.6) is 0 Å². The van der Waals surface area contributed by atoms with Crippen LogP contribution < -0.4 is 10.6 Å². The van der Waals surface area contributed by atoms with Gasteiger partial charge < -0.3 is 74.8 Å². The Balaban J connectivity index is 0.000000177. The Morgan fingerprint density at radius 2 is 0.689 bits per heavy atom. The van der Waals surface area contributed by atoms with Crippen molar-refractivity contribution in [2.75, 3.05) is 40.4 Å². The number of hydrogen-bond acceptors (Lipinski definition) is 16. The number of aromatic nitrogens is 8. The number of methoxy groups -OCH3 is 2. The number of ether oxygens (including phenoxy) is 3. The molecule has 0 aliphatic carbocycles. The Morgan fingerprint density at radius 1 is 0.393 bits per heavy atom. The summed E-state index contributed by atoms with van der Waals surface area (Å²) in [6, 6.07) is 57.6. The van der Waals surface area contributed by atoms with Gasteiger partial charge in [0.2, 0.25) is 11.8 Å². The highest BCUT2D eigenvalue weighted by atomic mass is 16.6. The highest BCUT2D eigenvalue weighted by Gasteiger charge is 2.41. The summed E-state index contributed by atoms with van der Waals surface area (Å²) in [6.45, 7) is 15.7. The number of H-pyrrole nitrogens is 4. The summed E-state index contributed by atoms with van der Waals surface area (Å²) < 4.78 is 15.2. The lowest BCUT2D eigenvalue weighted by Crippen LogP contribution is -2.51. The van der Waals surface area contributed by atoms with Crippen LogP contribution in [0.25, 0.3) is 88.8 Å². The van der Waals surface area contributed by atoms with E-state index in [1.165, 1.54) is 14.2 Å². The third-order valence-corrected chi connectivity index (χ3v) is 23.0. The molecule has 4 saturated heterocycles. The van der Waals surface area contributed by atoms with Gasteiger partial charge in [-0.15, -0.1) is 0 Å². The van der Waals surface area contributed by atoms with E-state index in [2.05, 4.69) is 162 Å². The number of benzene rings is 8. The van der Waals surface area contributed by atoms with Crippen molar-refractivity contribution in [2.45, 2.75) is 154 Å². The molecule has 16 rings (SSSR count). The van der Waals surface area contributed by atoms with Gasteiger partial charge in [0.05, 0.1) is 86.0 Å². The number of likely N-dealkylation sites (tertiary alicyclic amines) is 4. The third-order valence-electron chi connectivity index (χ3n) is 23.0. The average molecular weight is 1650 g/mol. The Hall–Kier alpha value is -13.3. The van der Waals surface area contributed by atoms with Crippen LogP contribution in [0.3, 0.4) is 0 Å². The van der Waals surface area contributed by atoms with Crippen molar-refractivity contribution in [3.63, 3.8) is 0 Å². The second kappa shape index (κ2) is 37.6. The predicted molar refractivity (Wildman–Crippen MR) is 464 cm³/mol. The first-order valence-corrected chi connectivity index (χ1v) is 41.6. The van der Waals surface area contributed by atoms with E-state index in [1.807, 2.05) is 101 Å². The molecule has 0 spiro atoms. The molecule has 27 heteroatoms. The first-order chi connectivity index (χ1) is 58.8. The van der Waals surface area contributed by atoms with Gasteiger partial charge in [-0.25, -0.2) is 39.1 Å². The number of alkyl carbamates (subject to hydrolysis) is 2. The number of fused-ring (bicyclic) bond motifs is 2. The highest BCUT2D eigenvalue weighted by Crippen LogP contribution is 2.40. The van der Waals surface area contributed by atoms with Gasteiger partial charge in [0.15, 0.2) is 12.2 Å². The van der Waals surface area contributed by atoms with E-state index in [0.717, 1.165) is 163 Å². The molecule has 0 unspecified atom stereocenters. The largest absolute Gasteiger partial charge is 0.479 e. The third kappa shape index (κ3) is 19.4. The molecular weight excluding hydrogens is 1550 g/mol. The summed E-state index contributed by atoms with van der Waals surface area (Å²) in [5.41, 5.74) is 12.4. The number of aliphatic hydroxyl groups excluding tert-OH is 2. The zero-order valence-corrected chi connectivity index (χ0v) is 69.9. The lowest BCUT2D eigenvalue weighted by Gasteiger charge is -2.30. The number of carboxylic acid groups (broad SMARTS) is 1. The number of carbonyl (C=O) groups is 7. The topological polar surface area (TPSA) is 360 Å². The van der Waals surface area contributed by atoms with Gasteiger partial charge in [-0.3, -0.25) is 19.3 Å². The maximum atomic E-state index is 13.6. The lowest BCUT2D eigenvalue weighted by atomic mass is 9.98. The molecule has 8 heterocycles. The number of imidazole rings is 4. The first kappa shape index (κ1) is 85.2. The summed E-state index contributed by atoms with van der Waals surface area (Å²) in [5, 5.41) is 38.0. The summed E-state index contributed by atoms with van der Waals surface area (Å²) in [4.78, 5) is 127. The SMILES string of the molecule is COC(=O)N[C@H](C(=O)N1CCC[C@H]1c1ncc(-c2ccc3cc(-c4ccc(-c5cnc([C@@H]6CCCN6C(=O)OC(C)(C)C)[nH]5)cc4)ccc3c2)[nH]1)C(C)C.COC(=O)N[C@H](C(=O)N1CCC[C@H]1c1ncc(-c2ccc3cc(-c4ccc(-c5cnc([C@@H]6CCCN6C(=O)[C@H](O)c6ccccc6)[nH]5)cc4)ccc3c2)[nH]1)C(C)C.O=C(O)[C@H](O)c1ccccc1. The number of rotatable bonds is 20. The van der Waals surface area contributed by atoms with Gasteiger partial charge in [-0.2, -0.15) is 0 Å². The van der Waals surface area contributed by atoms with Crippen LogP contribution in [-0.4, -0.2) is 175 Å². The smallest absolute Gasteiger partial charge is 0.410 e. The van der Waals surface area contributed by atoms with Crippen LogP contribution in [0.1, 0.15) is 171 Å². The summed E-state index contributed by atoms with van der Waals surface area (Å²) in [5.74, 6) is 0.978. The molecule has 12 aromatic rings. The van der Waals surface area contributed by atoms with E-state index in [0.29, 0.717) is 37.3 Å². The Bertz CT molecular complexity index is 5700. The van der Waals surface area contributed by atoms with Crippen molar-refractivity contribution in [1.29, 1.82) is 0 Å². The number of carbonyl (C=O) groups excluding carboxylic acids is 6. The predicted octanol–water partition coefficient (Wildman–Crippen LogP) is 16.9. The van der Waals surface area contributed by atoms with Crippen molar-refractivity contribution in [3.8, 4) is 67.3 Å². The monoisotopic (exact) mass is 1650 g/mol. The van der Waals surface area contributed by atoms with E-state index in [-0.39, 0.29) is 59.8 Å². The summed E-state index contributed by atoms with van der Waals surface area (Å²) >= 11 is 0. The van der Waals surface area contributed by atoms with Crippen molar-refractivity contribution in [1.82, 2.24) is 70.1 Å². The maximum Gasteiger partial charge on any atom is 0.410 e. The van der Waals surface area contributed by atoms with Crippen LogP contribution >= 0.6 is 0 Å². The molecule has 6 amide bonds. The van der Waals surface area contributed by atoms with Crippen molar-refractivity contribution >= 4 is 63.5 Å². The second-order valence-corrected chi connectivity index (χ2v) is 33.0. The number of aromatic amines is 4. The molecule has 632 valence electrons. The zero-order valence-electron chi connectivity index (χ0n) is 69.9. The molecule has 122 heavy (non-hydrogen) atoms. The van der Waals surface area contributed by atoms with Gasteiger partial charge >= 0.3 is 24.2 Å². The number of aliphatic hydroxyl groups is 2. The number of carboxylic acids is 1. The van der Waals surface area contributed by atoms with Crippen LogP contribution in [-0.2, 0) is 33.4 Å². The van der Waals surface area contributed by atoms with E-state index in [4.69, 9.17) is 34.4 Å². The number of hydrogen-bond donors (Lipinski definition) is 9. The van der Waals surface area contributed by atoms with E-state index in [9.17, 15) is 38.7 Å². The van der Waals surface area contributed by atoms with Crippen LogP contribution in [0.4, 0.5) is 14.4 Å². The van der Waals surface area contributed by atoms with E-state index >= 15 is 0 Å². The van der Waals surface area contributed by atoms with Gasteiger partial charge in [-0.05, 0) is 174 Å². The van der Waals surface area contributed by atoms with Crippen LogP contribution in [0, 0.1) is 11.8 Å². The fourth-order valence-electron chi connectivity index (χ4n) is 16.5. The Kier molecular flexibility index (Phi) is 26.2. The van der Waals surface area contributed by atoms with Gasteiger partial charge in [0.25, 0.3) is 5.91 Å². The Morgan fingerprint density at radius 3 is 1.02 bits per heavy atom. The number of nitrogens with zero attached hydrogens (tertiary/aromatic N) is 8. The number of amides is 6. The summed E-state index contributed by atoms with van der Waals surface area (Å²) in [6.07, 6.45) is 9.82. The van der Waals surface area contributed by atoms with E-state index in [1.54, 1.807) is 52.3 Å². The van der Waals surface area contributed by atoms with Crippen molar-refractivity contribution < 1.29 is 63.1 Å². The second-order valence-electron chi connectivity index (χ2n) is 33.0. The van der Waals surface area contributed by atoms with Crippen molar-refractivity contribution in [3.05, 3.63) is 241 Å². The summed E-state index contributed by atoms with van der Waals surface area (Å²) in [7, 11) is 2.59. The van der Waals surface area contributed by atoms with Crippen molar-refractivity contribution in [2.24, 2.45) is 11.8 Å². The quantitative estimate of drug-likeness (QED) is 0.0320. The Labute approximate surface area is 707 Å². The standard InChI is InChI=1S/C45H47N7O5.C42H49N7O5.C8H8O3/c1-27(2)39(50-45(56)57-3)43(54)51-21-7-11-37(51)41-47-26-36(49-41)34-20-19-32-23-31(17-18-33(32)24-34)28-13-15-29(16-14-28)35-25-46-42(48-35)38-12-8-22-52(38)44(55)40(53)30-9-5-4-6-10-30;1-25(2)36(47-40(51)53-6)39(50)48-19-7-9-34(48)37-44-24-33(46-37)31-18-17-29-21-28(15-16-30(29)22-31)26-11-13-27(14-12-26)32-23-43-38(45-32)35-10-8-20-49(35)41(52)54-42(3,4)5;9-7(8(10)11)6-4-2-1-3-5-6/h4-6,9-10,13-20,23-27,37-40,53H,7-8,11-12,21-22H2,1-3H3,(H,46,48)(H,47,49)(H,50,56);11-18,21-25,34-36H,7-10,19-20H2,1-6H3,(H,43,45)(H,44,46)(H,47,51);1-5,7,9H,(H,10,11)/t37-,38-,39-,40+;34-,35-,36-;7-/m001/s1. The molecule has 4 fully saturated rings. The molecule has 27 nitrogen and oxygen atoms in total. The van der Waals surface area contributed by atoms with Crippen LogP contribution in [0.15, 0.2) is 207 Å². The molecule has 9 N–H and O–H groups in total. The molecule has 4 aliphatic heterocycles. The number of nitrogens with one attached hydrogen (secondary N) is 6. The van der Waals surface area contributed by atoms with E-state index < -0.39 is 48.0 Å². The zero-order chi connectivity index (χ0) is 86.0. The van der Waals surface area contributed by atoms with Crippen LogP contribution in [0.2, 0.25) is 0 Å². The van der Waals surface area contributed by atoms with Gasteiger partial charge in [-0.1, -0.05) is 185 Å². The maximum absolute atomic E-state index is 13.6.